The molecule has 0 saturated carbocycles. The van der Waals surface area contributed by atoms with E-state index in [1.165, 1.54) is 9.96 Å². The van der Waals surface area contributed by atoms with Crippen molar-refractivity contribution in [3.05, 3.63) is 29.8 Å². The highest BCUT2D eigenvalue weighted by Crippen LogP contribution is 2.31. The normalized spacial score (nSPS) is 20.4. The number of carbonyl (C=O) groups excluding carboxylic acids is 4. The maximum Gasteiger partial charge on any atom is 0.527 e. The van der Waals surface area contributed by atoms with E-state index in [1.54, 1.807) is 12.1 Å². The molecule has 2 heterocycles. The third-order valence-corrected chi connectivity index (χ3v) is 6.34. The summed E-state index contributed by atoms with van der Waals surface area (Å²) in [6.07, 6.45) is 0.0603. The Bertz CT molecular complexity index is 962. The Labute approximate surface area is 212 Å². The Kier molecular flexibility index (Phi) is 8.94. The van der Waals surface area contributed by atoms with Crippen LogP contribution in [0.15, 0.2) is 24.3 Å². The second kappa shape index (κ2) is 11.7. The minimum Gasteiger partial charge on any atom is -0.433 e. The number of carbonyl (C=O) groups is 4. The first-order valence-electron chi connectivity index (χ1n) is 12.5. The van der Waals surface area contributed by atoms with E-state index < -0.39 is 24.3 Å². The fourth-order valence-electron chi connectivity index (χ4n) is 4.58. The number of hydroxylamine groups is 2. The van der Waals surface area contributed by atoms with E-state index in [0.29, 0.717) is 24.9 Å². The fourth-order valence-corrected chi connectivity index (χ4v) is 4.58. The van der Waals surface area contributed by atoms with Gasteiger partial charge >= 0.3 is 6.16 Å². The van der Waals surface area contributed by atoms with E-state index in [1.807, 2.05) is 58.8 Å². The number of ketones is 1. The molecule has 0 bridgehead atoms. The predicted octanol–water partition coefficient (Wildman–Crippen LogP) is 2.48. The molecule has 10 heteroatoms. The number of nitrogens with zero attached hydrogens (tertiary/aromatic N) is 3. The summed E-state index contributed by atoms with van der Waals surface area (Å²) >= 11 is 0. The predicted molar refractivity (Wildman–Crippen MR) is 134 cm³/mol. The molecule has 2 aliphatic rings. The van der Waals surface area contributed by atoms with Crippen molar-refractivity contribution in [2.75, 3.05) is 38.7 Å². The van der Waals surface area contributed by atoms with Gasteiger partial charge in [0.25, 0.3) is 5.91 Å². The van der Waals surface area contributed by atoms with E-state index in [0.717, 1.165) is 5.69 Å². The maximum absolute atomic E-state index is 13.6. The van der Waals surface area contributed by atoms with Gasteiger partial charge in [-0.1, -0.05) is 27.7 Å². The van der Waals surface area contributed by atoms with Gasteiger partial charge in [0.15, 0.2) is 5.78 Å². The number of ether oxygens (including phenoxy) is 1. The molecule has 0 spiro atoms. The largest absolute Gasteiger partial charge is 0.527 e. The molecule has 0 radical (unpaired) electrons. The third kappa shape index (κ3) is 6.54. The minimum absolute atomic E-state index is 0.102. The second-order valence-electron chi connectivity index (χ2n) is 10.5. The molecule has 2 fully saturated rings. The zero-order valence-electron chi connectivity index (χ0n) is 22.0. The van der Waals surface area contributed by atoms with E-state index in [9.17, 15) is 19.2 Å². The van der Waals surface area contributed by atoms with Gasteiger partial charge in [-0.15, -0.1) is 5.06 Å². The van der Waals surface area contributed by atoms with E-state index in [2.05, 4.69) is 5.32 Å². The number of hydrogen-bond acceptors (Lipinski definition) is 8. The van der Waals surface area contributed by atoms with Crippen molar-refractivity contribution in [2.24, 2.45) is 11.8 Å². The minimum atomic E-state index is -0.854. The van der Waals surface area contributed by atoms with Crippen LogP contribution in [0.5, 0.6) is 0 Å². The first kappa shape index (κ1) is 27.4. The summed E-state index contributed by atoms with van der Waals surface area (Å²) in [7, 11) is 3.83. The standard InChI is InChI=1S/C26H38N4O6/c1-16(2)13-20(27-24(32)18-7-9-19(10-8-18)28(5)6)25(33)29-12-11-21-23(29)22(31)14-30(21)36-26(34)35-15-17(3)4/h7-10,16-17,20-21,23H,11-15H2,1-6H3,(H,27,32). The van der Waals surface area contributed by atoms with Gasteiger partial charge in [-0.05, 0) is 48.9 Å². The van der Waals surface area contributed by atoms with Crippen LogP contribution in [-0.4, -0.2) is 85.6 Å². The lowest BCUT2D eigenvalue weighted by atomic mass is 10.0. The van der Waals surface area contributed by atoms with Crippen LogP contribution in [0.3, 0.4) is 0 Å². The van der Waals surface area contributed by atoms with Gasteiger partial charge in [-0.2, -0.15) is 0 Å². The molecule has 3 atom stereocenters. The van der Waals surface area contributed by atoms with Crippen LogP contribution < -0.4 is 10.2 Å². The van der Waals surface area contributed by atoms with Gasteiger partial charge in [0.05, 0.1) is 19.2 Å². The zero-order chi connectivity index (χ0) is 26.6. The molecule has 2 amide bonds. The average Bonchev–Trinajstić information content (AvgIpc) is 3.38. The number of Topliss-reactive ketones (excluding diaryl/α,β-unsaturated/α-hetero) is 1. The highest BCUT2D eigenvalue weighted by molar-refractivity contribution is 5.99. The average molecular weight is 503 g/mol. The van der Waals surface area contributed by atoms with Crippen LogP contribution >= 0.6 is 0 Å². The number of nitrogens with one attached hydrogen (secondary N) is 1. The van der Waals surface area contributed by atoms with Gasteiger partial charge < -0.3 is 24.7 Å². The van der Waals surface area contributed by atoms with Crippen LogP contribution in [0.4, 0.5) is 10.5 Å². The van der Waals surface area contributed by atoms with Crippen molar-refractivity contribution in [1.29, 1.82) is 0 Å². The Morgan fingerprint density at radius 2 is 1.75 bits per heavy atom. The van der Waals surface area contributed by atoms with Gasteiger partial charge in [-0.25, -0.2) is 4.79 Å². The highest BCUT2D eigenvalue weighted by Gasteiger charge is 2.52. The molecule has 2 saturated heterocycles. The van der Waals surface area contributed by atoms with E-state index in [4.69, 9.17) is 9.57 Å². The molecule has 2 aliphatic heterocycles. The third-order valence-electron chi connectivity index (χ3n) is 6.34. The quantitative estimate of drug-likeness (QED) is 0.513. The van der Waals surface area contributed by atoms with Gasteiger partial charge in [0.1, 0.15) is 12.1 Å². The number of likely N-dealkylation sites (tertiary alicyclic amines) is 1. The number of anilines is 1. The molecule has 10 nitrogen and oxygen atoms in total. The summed E-state index contributed by atoms with van der Waals surface area (Å²) in [5, 5.41) is 4.21. The molecule has 198 valence electrons. The van der Waals surface area contributed by atoms with Crippen molar-refractivity contribution >= 4 is 29.4 Å². The summed E-state index contributed by atoms with van der Waals surface area (Å²) in [5.74, 6) is -0.540. The summed E-state index contributed by atoms with van der Waals surface area (Å²) in [5.41, 5.74) is 1.42. The molecule has 36 heavy (non-hydrogen) atoms. The number of hydrogen-bond donors (Lipinski definition) is 1. The number of benzene rings is 1. The lowest BCUT2D eigenvalue weighted by Gasteiger charge is -2.29. The SMILES string of the molecule is CC(C)COC(=O)ON1CC(=O)C2C1CCN2C(=O)C(CC(C)C)NC(=O)c1ccc(N(C)C)cc1. The monoisotopic (exact) mass is 502 g/mol. The smallest absolute Gasteiger partial charge is 0.433 e. The summed E-state index contributed by atoms with van der Waals surface area (Å²) in [4.78, 5) is 60.2. The summed E-state index contributed by atoms with van der Waals surface area (Å²) < 4.78 is 5.07. The van der Waals surface area contributed by atoms with Crippen molar-refractivity contribution in [3.8, 4) is 0 Å². The molecule has 3 rings (SSSR count). The highest BCUT2D eigenvalue weighted by atomic mass is 16.8. The molecule has 0 aromatic heterocycles. The van der Waals surface area contributed by atoms with Gasteiger partial charge in [0.2, 0.25) is 5.91 Å². The summed E-state index contributed by atoms with van der Waals surface area (Å²) in [6, 6.07) is 5.21. The zero-order valence-corrected chi connectivity index (χ0v) is 22.0. The summed E-state index contributed by atoms with van der Waals surface area (Å²) in [6.45, 7) is 8.23. The number of fused-ring (bicyclic) bond motifs is 1. The molecular formula is C26H38N4O6. The molecule has 1 aromatic rings. The van der Waals surface area contributed by atoms with Crippen LogP contribution in [0.2, 0.25) is 0 Å². The van der Waals surface area contributed by atoms with Crippen LogP contribution in [-0.2, 0) is 19.2 Å². The Balaban J connectivity index is 1.69. The molecule has 1 aromatic carbocycles. The number of rotatable bonds is 9. The van der Waals surface area contributed by atoms with Crippen molar-refractivity contribution < 1.29 is 28.8 Å². The Morgan fingerprint density at radius 1 is 1.08 bits per heavy atom. The van der Waals surface area contributed by atoms with Crippen LogP contribution in [0.1, 0.15) is 50.9 Å². The molecule has 0 aliphatic carbocycles. The topological polar surface area (TPSA) is 108 Å². The first-order chi connectivity index (χ1) is 17.0. The van der Waals surface area contributed by atoms with Crippen LogP contribution in [0.25, 0.3) is 0 Å². The Hall–Kier alpha value is -3.14. The van der Waals surface area contributed by atoms with E-state index in [-0.39, 0.29) is 42.6 Å². The van der Waals surface area contributed by atoms with Crippen molar-refractivity contribution in [1.82, 2.24) is 15.3 Å². The van der Waals surface area contributed by atoms with Crippen molar-refractivity contribution in [2.45, 2.75) is 58.7 Å². The lowest BCUT2D eigenvalue weighted by molar-refractivity contribution is -0.142. The van der Waals surface area contributed by atoms with Gasteiger partial charge in [0, 0.05) is 31.9 Å². The molecule has 1 N–H and O–H groups in total. The van der Waals surface area contributed by atoms with E-state index >= 15 is 0 Å². The lowest BCUT2D eigenvalue weighted by Crippen LogP contribution is -2.52. The second-order valence-corrected chi connectivity index (χ2v) is 10.5. The fraction of sp³-hybridized carbons (Fsp3) is 0.615. The van der Waals surface area contributed by atoms with Gasteiger partial charge in [-0.3, -0.25) is 14.4 Å². The first-order valence-corrected chi connectivity index (χ1v) is 12.5. The maximum atomic E-state index is 13.6. The molecule has 3 unspecified atom stereocenters. The number of amides is 2. The van der Waals surface area contributed by atoms with Crippen molar-refractivity contribution in [3.63, 3.8) is 0 Å². The Morgan fingerprint density at radius 3 is 2.33 bits per heavy atom. The molecular weight excluding hydrogens is 464 g/mol. The van der Waals surface area contributed by atoms with Crippen LogP contribution in [0, 0.1) is 11.8 Å².